The summed E-state index contributed by atoms with van der Waals surface area (Å²) in [6.45, 7) is 5.19. The molecule has 1 atom stereocenters. The Morgan fingerprint density at radius 2 is 2.10 bits per heavy atom. The second-order valence-corrected chi connectivity index (χ2v) is 5.14. The second kappa shape index (κ2) is 6.15. The molecule has 0 saturated carbocycles. The van der Waals surface area contributed by atoms with E-state index in [0.717, 1.165) is 0 Å². The van der Waals surface area contributed by atoms with E-state index in [2.05, 4.69) is 5.32 Å². The maximum atomic E-state index is 11.6. The molecule has 0 aromatic heterocycles. The zero-order valence-corrected chi connectivity index (χ0v) is 11.9. The molecule has 1 aromatic rings. The lowest BCUT2D eigenvalue weighted by Gasteiger charge is -2.21. The summed E-state index contributed by atoms with van der Waals surface area (Å²) in [7, 11) is 1.43. The SMILES string of the molecule is COc1ccc(C(C#N)NC(=O)OC(C)(C)C)cc1O. The van der Waals surface area contributed by atoms with E-state index < -0.39 is 17.7 Å². The number of methoxy groups -OCH3 is 1. The normalized spacial score (nSPS) is 12.2. The number of amides is 1. The monoisotopic (exact) mass is 278 g/mol. The summed E-state index contributed by atoms with van der Waals surface area (Å²) in [4.78, 5) is 11.6. The van der Waals surface area contributed by atoms with Crippen LogP contribution in [0.4, 0.5) is 4.79 Å². The van der Waals surface area contributed by atoms with Gasteiger partial charge >= 0.3 is 6.09 Å². The molecule has 1 aromatic carbocycles. The number of hydrogen-bond acceptors (Lipinski definition) is 5. The Kier molecular flexibility index (Phi) is 4.81. The van der Waals surface area contributed by atoms with E-state index in [9.17, 15) is 9.90 Å². The first kappa shape index (κ1) is 15.6. The van der Waals surface area contributed by atoms with Crippen LogP contribution in [0.1, 0.15) is 32.4 Å². The van der Waals surface area contributed by atoms with Crippen LogP contribution in [0.3, 0.4) is 0 Å². The number of hydrogen-bond donors (Lipinski definition) is 2. The molecule has 1 rings (SSSR count). The summed E-state index contributed by atoms with van der Waals surface area (Å²) in [6, 6.07) is 5.49. The Bertz CT molecular complexity index is 529. The Morgan fingerprint density at radius 1 is 1.45 bits per heavy atom. The molecule has 0 radical (unpaired) electrons. The van der Waals surface area contributed by atoms with E-state index in [-0.39, 0.29) is 5.75 Å². The molecule has 0 saturated heterocycles. The number of rotatable bonds is 3. The lowest BCUT2D eigenvalue weighted by atomic mass is 10.1. The van der Waals surface area contributed by atoms with Gasteiger partial charge in [-0.15, -0.1) is 0 Å². The minimum atomic E-state index is -0.915. The van der Waals surface area contributed by atoms with Crippen LogP contribution in [-0.4, -0.2) is 23.9 Å². The van der Waals surface area contributed by atoms with Crippen LogP contribution in [0.15, 0.2) is 18.2 Å². The number of nitrogens with zero attached hydrogens (tertiary/aromatic N) is 1. The van der Waals surface area contributed by atoms with Gasteiger partial charge in [0, 0.05) is 0 Å². The molecule has 6 heteroatoms. The number of alkyl carbamates (subject to hydrolysis) is 1. The first-order valence-corrected chi connectivity index (χ1v) is 6.03. The lowest BCUT2D eigenvalue weighted by molar-refractivity contribution is 0.0515. The summed E-state index contributed by atoms with van der Waals surface area (Å²) < 4.78 is 9.99. The molecule has 20 heavy (non-hydrogen) atoms. The van der Waals surface area contributed by atoms with Crippen molar-refractivity contribution in [3.8, 4) is 17.6 Å². The topological polar surface area (TPSA) is 91.6 Å². The predicted octanol–water partition coefficient (Wildman–Crippen LogP) is 2.49. The van der Waals surface area contributed by atoms with Gasteiger partial charge in [0.05, 0.1) is 13.2 Å². The van der Waals surface area contributed by atoms with E-state index in [4.69, 9.17) is 14.7 Å². The van der Waals surface area contributed by atoms with Crippen LogP contribution in [0.25, 0.3) is 0 Å². The Labute approximate surface area is 117 Å². The minimum absolute atomic E-state index is 0.101. The van der Waals surface area contributed by atoms with E-state index >= 15 is 0 Å². The average Bonchev–Trinajstić information content (AvgIpc) is 2.33. The molecule has 6 nitrogen and oxygen atoms in total. The molecule has 0 aliphatic carbocycles. The third kappa shape index (κ3) is 4.35. The number of aromatic hydroxyl groups is 1. The molecule has 1 amide bonds. The highest BCUT2D eigenvalue weighted by Crippen LogP contribution is 2.28. The van der Waals surface area contributed by atoms with Gasteiger partial charge in [0.15, 0.2) is 11.5 Å². The van der Waals surface area contributed by atoms with E-state index in [1.54, 1.807) is 26.8 Å². The molecule has 0 heterocycles. The first-order valence-electron chi connectivity index (χ1n) is 6.03. The highest BCUT2D eigenvalue weighted by molar-refractivity contribution is 5.69. The molecular weight excluding hydrogens is 260 g/mol. The molecule has 0 fully saturated rings. The number of phenolic OH excluding ortho intramolecular Hbond substituents is 1. The van der Waals surface area contributed by atoms with Gasteiger partial charge in [0.2, 0.25) is 0 Å². The molecule has 2 N–H and O–H groups in total. The second-order valence-electron chi connectivity index (χ2n) is 5.14. The molecule has 0 aliphatic rings. The fraction of sp³-hybridized carbons (Fsp3) is 0.429. The fourth-order valence-corrected chi connectivity index (χ4v) is 1.50. The summed E-state index contributed by atoms with van der Waals surface area (Å²) in [6.07, 6.45) is -0.695. The van der Waals surface area contributed by atoms with Crippen LogP contribution in [0, 0.1) is 11.3 Å². The largest absolute Gasteiger partial charge is 0.504 e. The predicted molar refractivity (Wildman–Crippen MR) is 72.4 cm³/mol. The highest BCUT2D eigenvalue weighted by Gasteiger charge is 2.21. The Hall–Kier alpha value is -2.42. The minimum Gasteiger partial charge on any atom is -0.504 e. The maximum Gasteiger partial charge on any atom is 0.408 e. The van der Waals surface area contributed by atoms with E-state index in [1.165, 1.54) is 19.2 Å². The number of nitrogens with one attached hydrogen (secondary N) is 1. The smallest absolute Gasteiger partial charge is 0.408 e. The highest BCUT2D eigenvalue weighted by atomic mass is 16.6. The first-order chi connectivity index (χ1) is 9.26. The van der Waals surface area contributed by atoms with Crippen LogP contribution in [0.5, 0.6) is 11.5 Å². The van der Waals surface area contributed by atoms with Gasteiger partial charge in [-0.1, -0.05) is 6.07 Å². The van der Waals surface area contributed by atoms with Crippen LogP contribution < -0.4 is 10.1 Å². The Balaban J connectivity index is 2.84. The number of carbonyl (C=O) groups excluding carboxylic acids is 1. The quantitative estimate of drug-likeness (QED) is 0.886. The van der Waals surface area contributed by atoms with Gasteiger partial charge in [-0.25, -0.2) is 4.79 Å². The number of nitriles is 1. The van der Waals surface area contributed by atoms with Gasteiger partial charge in [-0.05, 0) is 38.5 Å². The van der Waals surface area contributed by atoms with Crippen molar-refractivity contribution in [2.45, 2.75) is 32.4 Å². The summed E-state index contributed by atoms with van der Waals surface area (Å²) >= 11 is 0. The van der Waals surface area contributed by atoms with Crippen LogP contribution in [0.2, 0.25) is 0 Å². The number of phenols is 1. The Morgan fingerprint density at radius 3 is 2.55 bits per heavy atom. The van der Waals surface area contributed by atoms with Crippen molar-refractivity contribution in [3.63, 3.8) is 0 Å². The van der Waals surface area contributed by atoms with Gasteiger partial charge < -0.3 is 19.9 Å². The summed E-state index contributed by atoms with van der Waals surface area (Å²) in [5, 5.41) is 21.2. The van der Waals surface area contributed by atoms with Crippen LogP contribution >= 0.6 is 0 Å². The molecule has 108 valence electrons. The molecule has 0 aliphatic heterocycles. The third-order valence-electron chi connectivity index (χ3n) is 2.33. The number of carbonyl (C=O) groups is 1. The molecular formula is C14H18N2O4. The van der Waals surface area contributed by atoms with E-state index in [0.29, 0.717) is 11.3 Å². The third-order valence-corrected chi connectivity index (χ3v) is 2.33. The molecule has 1 unspecified atom stereocenters. The lowest BCUT2D eigenvalue weighted by Crippen LogP contribution is -2.34. The summed E-state index contributed by atoms with van der Waals surface area (Å²) in [5.41, 5.74) is -0.205. The van der Waals surface area contributed by atoms with E-state index in [1.807, 2.05) is 6.07 Å². The zero-order chi connectivity index (χ0) is 15.3. The van der Waals surface area contributed by atoms with Gasteiger partial charge in [0.25, 0.3) is 0 Å². The fourth-order valence-electron chi connectivity index (χ4n) is 1.50. The van der Waals surface area contributed by atoms with Crippen molar-refractivity contribution in [3.05, 3.63) is 23.8 Å². The van der Waals surface area contributed by atoms with Crippen molar-refractivity contribution in [1.29, 1.82) is 5.26 Å². The van der Waals surface area contributed by atoms with Crippen molar-refractivity contribution in [2.24, 2.45) is 0 Å². The average molecular weight is 278 g/mol. The molecule has 0 spiro atoms. The van der Waals surface area contributed by atoms with Gasteiger partial charge in [-0.3, -0.25) is 0 Å². The standard InChI is InChI=1S/C14H18N2O4/c1-14(2,3)20-13(18)16-10(8-15)9-5-6-12(19-4)11(17)7-9/h5-7,10,17H,1-4H3,(H,16,18). The van der Waals surface area contributed by atoms with Crippen LogP contribution in [-0.2, 0) is 4.74 Å². The van der Waals surface area contributed by atoms with Gasteiger partial charge in [0.1, 0.15) is 11.6 Å². The van der Waals surface area contributed by atoms with Crippen molar-refractivity contribution in [2.75, 3.05) is 7.11 Å². The zero-order valence-electron chi connectivity index (χ0n) is 11.9. The summed E-state index contributed by atoms with van der Waals surface area (Å²) in [5.74, 6) is 0.193. The molecule has 0 bridgehead atoms. The maximum absolute atomic E-state index is 11.6. The van der Waals surface area contributed by atoms with Crippen molar-refractivity contribution < 1.29 is 19.4 Å². The number of ether oxygens (including phenoxy) is 2. The van der Waals surface area contributed by atoms with Crippen molar-refractivity contribution in [1.82, 2.24) is 5.32 Å². The van der Waals surface area contributed by atoms with Gasteiger partial charge in [-0.2, -0.15) is 5.26 Å². The van der Waals surface area contributed by atoms with Crippen molar-refractivity contribution >= 4 is 6.09 Å². The number of benzene rings is 1.